The molecule has 0 bridgehead atoms. The molecule has 0 saturated heterocycles. The van der Waals surface area contributed by atoms with E-state index < -0.39 is 0 Å². The maximum Gasteiger partial charge on any atom is 0.222 e. The average molecular weight is 340 g/mol. The second-order valence-corrected chi connectivity index (χ2v) is 5.60. The van der Waals surface area contributed by atoms with Crippen LogP contribution in [0.25, 0.3) is 0 Å². The Bertz CT molecular complexity index is 608. The molecular weight excluding hydrogens is 322 g/mol. The van der Waals surface area contributed by atoms with Gasteiger partial charge in [-0.15, -0.1) is 0 Å². The van der Waals surface area contributed by atoms with Crippen LogP contribution in [-0.4, -0.2) is 25.5 Å². The van der Waals surface area contributed by atoms with E-state index in [4.69, 9.17) is 0 Å². The van der Waals surface area contributed by atoms with Gasteiger partial charge in [-0.3, -0.25) is 14.2 Å². The highest BCUT2D eigenvalue weighted by molar-refractivity contribution is 9.10. The first-order valence-electron chi connectivity index (χ1n) is 6.41. The van der Waals surface area contributed by atoms with E-state index in [0.29, 0.717) is 19.5 Å². The van der Waals surface area contributed by atoms with Gasteiger partial charge in [0.2, 0.25) is 5.91 Å². The van der Waals surface area contributed by atoms with Gasteiger partial charge in [-0.05, 0) is 29.8 Å². The highest BCUT2D eigenvalue weighted by Crippen LogP contribution is 2.14. The maximum atomic E-state index is 11.8. The molecule has 20 heavy (non-hydrogen) atoms. The lowest BCUT2D eigenvalue weighted by Crippen LogP contribution is -2.24. The van der Waals surface area contributed by atoms with Gasteiger partial charge in [0.25, 0.3) is 0 Å². The summed E-state index contributed by atoms with van der Waals surface area (Å²) in [7, 11) is 1.87. The number of nitrogens with zero attached hydrogens (tertiary/aromatic N) is 4. The molecule has 0 aliphatic rings. The van der Waals surface area contributed by atoms with Crippen LogP contribution < -0.4 is 5.32 Å². The van der Waals surface area contributed by atoms with E-state index in [0.717, 1.165) is 21.4 Å². The fraction of sp³-hybridized carbons (Fsp3) is 0.462. The van der Waals surface area contributed by atoms with E-state index in [2.05, 4.69) is 31.4 Å². The van der Waals surface area contributed by atoms with Gasteiger partial charge in [-0.1, -0.05) is 0 Å². The number of rotatable bonds is 5. The zero-order valence-corrected chi connectivity index (χ0v) is 13.4. The summed E-state index contributed by atoms with van der Waals surface area (Å²) in [6, 6.07) is 0. The van der Waals surface area contributed by atoms with E-state index >= 15 is 0 Å². The predicted octanol–water partition coefficient (Wildman–Crippen LogP) is 1.70. The minimum absolute atomic E-state index is 0.0132. The van der Waals surface area contributed by atoms with E-state index in [-0.39, 0.29) is 5.91 Å². The number of carbonyl (C=O) groups excluding carboxylic acids is 1. The number of hydrogen-bond acceptors (Lipinski definition) is 3. The second kappa shape index (κ2) is 6.21. The fourth-order valence-corrected chi connectivity index (χ4v) is 2.26. The van der Waals surface area contributed by atoms with Gasteiger partial charge in [0.15, 0.2) is 0 Å². The Morgan fingerprint density at radius 1 is 1.45 bits per heavy atom. The molecule has 108 valence electrons. The van der Waals surface area contributed by atoms with Crippen molar-refractivity contribution in [3.05, 3.63) is 33.8 Å². The van der Waals surface area contributed by atoms with Gasteiger partial charge >= 0.3 is 0 Å². The molecule has 1 N–H and O–H groups in total. The normalized spacial score (nSPS) is 10.8. The van der Waals surface area contributed by atoms with Crippen LogP contribution in [0.15, 0.2) is 16.9 Å². The summed E-state index contributed by atoms with van der Waals surface area (Å²) in [6.45, 7) is 5.00. The summed E-state index contributed by atoms with van der Waals surface area (Å²) in [5.74, 6) is 0.0132. The molecule has 2 aromatic heterocycles. The van der Waals surface area contributed by atoms with E-state index in [1.165, 1.54) is 0 Å². The van der Waals surface area contributed by atoms with Gasteiger partial charge in [0.1, 0.15) is 0 Å². The van der Waals surface area contributed by atoms with Gasteiger partial charge in [-0.25, -0.2) is 0 Å². The standard InChI is InChI=1S/C13H18BrN5O/c1-9-11(8-18(3)17-9)6-15-13(20)4-5-19-10(2)12(14)7-16-19/h7-8H,4-6H2,1-3H3,(H,15,20). The first-order chi connectivity index (χ1) is 9.47. The number of hydrogen-bond donors (Lipinski definition) is 1. The topological polar surface area (TPSA) is 64.7 Å². The quantitative estimate of drug-likeness (QED) is 0.901. The first-order valence-corrected chi connectivity index (χ1v) is 7.20. The molecular formula is C13H18BrN5O. The number of aromatic nitrogens is 4. The third-order valence-corrected chi connectivity index (χ3v) is 3.96. The molecule has 2 rings (SSSR count). The molecule has 2 heterocycles. The molecule has 6 nitrogen and oxygen atoms in total. The fourth-order valence-electron chi connectivity index (χ4n) is 1.96. The van der Waals surface area contributed by atoms with Crippen molar-refractivity contribution in [2.75, 3.05) is 0 Å². The molecule has 0 saturated carbocycles. The van der Waals surface area contributed by atoms with Crippen LogP contribution in [0.2, 0.25) is 0 Å². The Labute approximate surface area is 126 Å². The first kappa shape index (κ1) is 14.8. The molecule has 0 radical (unpaired) electrons. The number of nitrogens with one attached hydrogen (secondary N) is 1. The minimum atomic E-state index is 0.0132. The Morgan fingerprint density at radius 2 is 2.20 bits per heavy atom. The average Bonchev–Trinajstić information content (AvgIpc) is 2.89. The minimum Gasteiger partial charge on any atom is -0.352 e. The van der Waals surface area contributed by atoms with Crippen LogP contribution in [0.4, 0.5) is 0 Å². The van der Waals surface area contributed by atoms with Crippen molar-refractivity contribution in [2.24, 2.45) is 7.05 Å². The lowest BCUT2D eigenvalue weighted by Gasteiger charge is -2.06. The van der Waals surface area contributed by atoms with Crippen LogP contribution in [0.1, 0.15) is 23.4 Å². The summed E-state index contributed by atoms with van der Waals surface area (Å²) < 4.78 is 4.53. The predicted molar refractivity (Wildman–Crippen MR) is 79.1 cm³/mol. The monoisotopic (exact) mass is 339 g/mol. The molecule has 0 atom stereocenters. The van der Waals surface area contributed by atoms with Crippen LogP contribution in [0.3, 0.4) is 0 Å². The maximum absolute atomic E-state index is 11.8. The van der Waals surface area contributed by atoms with Crippen LogP contribution in [0.5, 0.6) is 0 Å². The SMILES string of the molecule is Cc1nn(C)cc1CNC(=O)CCn1ncc(Br)c1C. The number of aryl methyl sites for hydroxylation is 3. The molecule has 0 aliphatic heterocycles. The van der Waals surface area contributed by atoms with Crippen LogP contribution >= 0.6 is 15.9 Å². The number of halogens is 1. The van der Waals surface area contributed by atoms with Gasteiger partial charge < -0.3 is 5.32 Å². The summed E-state index contributed by atoms with van der Waals surface area (Å²) in [5, 5.41) is 11.3. The molecule has 0 aromatic carbocycles. The molecule has 7 heteroatoms. The molecule has 0 unspecified atom stereocenters. The Hall–Kier alpha value is -1.63. The molecule has 0 fully saturated rings. The van der Waals surface area contributed by atoms with E-state index in [9.17, 15) is 4.79 Å². The third kappa shape index (κ3) is 3.47. The zero-order valence-electron chi connectivity index (χ0n) is 11.9. The third-order valence-electron chi connectivity index (χ3n) is 3.19. The Balaban J connectivity index is 1.81. The van der Waals surface area contributed by atoms with Crippen molar-refractivity contribution < 1.29 is 4.79 Å². The summed E-state index contributed by atoms with van der Waals surface area (Å²) in [4.78, 5) is 11.8. The number of carbonyl (C=O) groups is 1. The Morgan fingerprint density at radius 3 is 2.75 bits per heavy atom. The largest absolute Gasteiger partial charge is 0.352 e. The Kier molecular flexibility index (Phi) is 4.59. The molecule has 0 spiro atoms. The number of amides is 1. The lowest BCUT2D eigenvalue weighted by atomic mass is 10.2. The second-order valence-electron chi connectivity index (χ2n) is 4.74. The van der Waals surface area contributed by atoms with Gasteiger partial charge in [0, 0.05) is 44.0 Å². The van der Waals surface area contributed by atoms with E-state index in [1.807, 2.05) is 31.8 Å². The van der Waals surface area contributed by atoms with Crippen LogP contribution in [-0.2, 0) is 24.9 Å². The van der Waals surface area contributed by atoms with Crippen molar-refractivity contribution >= 4 is 21.8 Å². The molecule has 1 amide bonds. The van der Waals surface area contributed by atoms with Crippen molar-refractivity contribution in [1.82, 2.24) is 24.9 Å². The van der Waals surface area contributed by atoms with Crippen LogP contribution in [0, 0.1) is 13.8 Å². The highest BCUT2D eigenvalue weighted by atomic mass is 79.9. The lowest BCUT2D eigenvalue weighted by molar-refractivity contribution is -0.121. The summed E-state index contributed by atoms with van der Waals surface area (Å²) >= 11 is 3.40. The smallest absolute Gasteiger partial charge is 0.222 e. The van der Waals surface area contributed by atoms with E-state index in [1.54, 1.807) is 10.9 Å². The zero-order chi connectivity index (χ0) is 14.7. The van der Waals surface area contributed by atoms with Crippen molar-refractivity contribution in [2.45, 2.75) is 33.4 Å². The van der Waals surface area contributed by atoms with Crippen molar-refractivity contribution in [1.29, 1.82) is 0 Å². The summed E-state index contributed by atoms with van der Waals surface area (Å²) in [6.07, 6.45) is 4.07. The van der Waals surface area contributed by atoms with Crippen molar-refractivity contribution in [3.63, 3.8) is 0 Å². The highest BCUT2D eigenvalue weighted by Gasteiger charge is 2.08. The van der Waals surface area contributed by atoms with Crippen molar-refractivity contribution in [3.8, 4) is 0 Å². The molecule has 2 aromatic rings. The molecule has 0 aliphatic carbocycles. The summed E-state index contributed by atoms with van der Waals surface area (Å²) in [5.41, 5.74) is 3.01. The van der Waals surface area contributed by atoms with Gasteiger partial charge in [-0.2, -0.15) is 10.2 Å². The van der Waals surface area contributed by atoms with Gasteiger partial charge in [0.05, 0.1) is 16.4 Å².